The number of amides is 2. The van der Waals surface area contributed by atoms with Crippen LogP contribution in [0.25, 0.3) is 10.8 Å². The minimum absolute atomic E-state index is 0.124. The lowest BCUT2D eigenvalue weighted by molar-refractivity contribution is -0.141. The Kier molecular flexibility index (Phi) is 5.52. The summed E-state index contributed by atoms with van der Waals surface area (Å²) >= 11 is 0. The van der Waals surface area contributed by atoms with Crippen LogP contribution in [0.4, 0.5) is 0 Å². The summed E-state index contributed by atoms with van der Waals surface area (Å²) in [6.45, 7) is 3.15. The summed E-state index contributed by atoms with van der Waals surface area (Å²) in [5.74, 6) is -1.69. The van der Waals surface area contributed by atoms with E-state index in [1.165, 1.54) is 18.7 Å². The standard InChI is InChI=1S/C18H20N2O4/c1-12(18(23)24)20(10-9-19-13(2)21)17(22)16-8-7-14-5-3-4-6-15(14)11-16/h3-8,11-12H,9-10H2,1-2H3,(H,19,21)(H,23,24). The first-order valence-electron chi connectivity index (χ1n) is 7.67. The Morgan fingerprint density at radius 1 is 1.12 bits per heavy atom. The van der Waals surface area contributed by atoms with E-state index in [9.17, 15) is 19.5 Å². The second kappa shape index (κ2) is 7.59. The molecule has 2 aromatic rings. The Labute approximate surface area is 140 Å². The number of nitrogens with one attached hydrogen (secondary N) is 1. The number of hydrogen-bond donors (Lipinski definition) is 2. The predicted octanol–water partition coefficient (Wildman–Crippen LogP) is 1.89. The van der Waals surface area contributed by atoms with E-state index in [0.29, 0.717) is 5.56 Å². The number of aliphatic carboxylic acids is 1. The lowest BCUT2D eigenvalue weighted by Gasteiger charge is -2.26. The van der Waals surface area contributed by atoms with Crippen LogP contribution in [0.5, 0.6) is 0 Å². The highest BCUT2D eigenvalue weighted by Crippen LogP contribution is 2.17. The van der Waals surface area contributed by atoms with Crippen LogP contribution in [-0.4, -0.2) is 46.9 Å². The summed E-state index contributed by atoms with van der Waals surface area (Å²) in [7, 11) is 0. The maximum absolute atomic E-state index is 12.8. The molecular formula is C18H20N2O4. The lowest BCUT2D eigenvalue weighted by Crippen LogP contribution is -2.46. The third kappa shape index (κ3) is 4.10. The highest BCUT2D eigenvalue weighted by Gasteiger charge is 2.26. The minimum atomic E-state index is -1.09. The van der Waals surface area contributed by atoms with E-state index >= 15 is 0 Å². The van der Waals surface area contributed by atoms with Crippen LogP contribution in [0, 0.1) is 0 Å². The van der Waals surface area contributed by atoms with Gasteiger partial charge in [0.2, 0.25) is 5.91 Å². The zero-order valence-corrected chi connectivity index (χ0v) is 13.7. The summed E-state index contributed by atoms with van der Waals surface area (Å²) < 4.78 is 0. The zero-order valence-electron chi connectivity index (χ0n) is 13.7. The molecule has 0 aliphatic carbocycles. The molecule has 2 rings (SSSR count). The van der Waals surface area contributed by atoms with E-state index in [0.717, 1.165) is 10.8 Å². The second-order valence-corrected chi connectivity index (χ2v) is 5.56. The van der Waals surface area contributed by atoms with Crippen molar-refractivity contribution in [2.24, 2.45) is 0 Å². The minimum Gasteiger partial charge on any atom is -0.480 e. The molecule has 2 aromatic carbocycles. The van der Waals surface area contributed by atoms with Gasteiger partial charge in [-0.25, -0.2) is 4.79 Å². The van der Waals surface area contributed by atoms with Gasteiger partial charge in [-0.2, -0.15) is 0 Å². The van der Waals surface area contributed by atoms with Gasteiger partial charge >= 0.3 is 5.97 Å². The molecule has 6 heteroatoms. The Hall–Kier alpha value is -2.89. The molecule has 1 atom stereocenters. The van der Waals surface area contributed by atoms with Crippen LogP contribution in [0.15, 0.2) is 42.5 Å². The molecular weight excluding hydrogens is 308 g/mol. The number of benzene rings is 2. The van der Waals surface area contributed by atoms with Gasteiger partial charge in [0.05, 0.1) is 0 Å². The maximum atomic E-state index is 12.8. The number of carbonyl (C=O) groups is 3. The number of fused-ring (bicyclic) bond motifs is 1. The Bertz CT molecular complexity index is 772. The molecule has 0 aliphatic rings. The van der Waals surface area contributed by atoms with E-state index in [1.807, 2.05) is 30.3 Å². The van der Waals surface area contributed by atoms with E-state index in [1.54, 1.807) is 12.1 Å². The molecule has 6 nitrogen and oxygen atoms in total. The lowest BCUT2D eigenvalue weighted by atomic mass is 10.1. The summed E-state index contributed by atoms with van der Waals surface area (Å²) in [5.41, 5.74) is 0.421. The Balaban J connectivity index is 2.26. The topological polar surface area (TPSA) is 86.7 Å². The smallest absolute Gasteiger partial charge is 0.326 e. The van der Waals surface area contributed by atoms with Crippen molar-refractivity contribution < 1.29 is 19.5 Å². The van der Waals surface area contributed by atoms with Gasteiger partial charge in [-0.05, 0) is 29.8 Å². The number of rotatable bonds is 6. The highest BCUT2D eigenvalue weighted by molar-refractivity contribution is 6.00. The summed E-state index contributed by atoms with van der Waals surface area (Å²) in [5, 5.41) is 13.7. The quantitative estimate of drug-likeness (QED) is 0.848. The van der Waals surface area contributed by atoms with Crippen molar-refractivity contribution in [2.45, 2.75) is 19.9 Å². The fraction of sp³-hybridized carbons (Fsp3) is 0.278. The third-order valence-electron chi connectivity index (χ3n) is 3.81. The molecule has 0 bridgehead atoms. The summed E-state index contributed by atoms with van der Waals surface area (Å²) in [6.07, 6.45) is 0. The van der Waals surface area contributed by atoms with E-state index in [4.69, 9.17) is 0 Å². The van der Waals surface area contributed by atoms with Crippen LogP contribution < -0.4 is 5.32 Å². The van der Waals surface area contributed by atoms with Crippen LogP contribution in [0.3, 0.4) is 0 Å². The Morgan fingerprint density at radius 3 is 2.42 bits per heavy atom. The Morgan fingerprint density at radius 2 is 1.79 bits per heavy atom. The number of carboxylic acids is 1. The van der Waals surface area contributed by atoms with E-state index in [-0.39, 0.29) is 24.9 Å². The van der Waals surface area contributed by atoms with Crippen LogP contribution in [0.2, 0.25) is 0 Å². The van der Waals surface area contributed by atoms with Crippen molar-refractivity contribution in [1.29, 1.82) is 0 Å². The molecule has 0 heterocycles. The van der Waals surface area contributed by atoms with Gasteiger partial charge < -0.3 is 15.3 Å². The second-order valence-electron chi connectivity index (χ2n) is 5.56. The van der Waals surface area contributed by atoms with Crippen molar-refractivity contribution in [2.75, 3.05) is 13.1 Å². The average Bonchev–Trinajstić information content (AvgIpc) is 2.56. The van der Waals surface area contributed by atoms with Crippen LogP contribution in [-0.2, 0) is 9.59 Å². The third-order valence-corrected chi connectivity index (χ3v) is 3.81. The molecule has 24 heavy (non-hydrogen) atoms. The first kappa shape index (κ1) is 17.5. The monoisotopic (exact) mass is 328 g/mol. The highest BCUT2D eigenvalue weighted by atomic mass is 16.4. The number of carbonyl (C=O) groups excluding carboxylic acids is 2. The molecule has 126 valence electrons. The summed E-state index contributed by atoms with van der Waals surface area (Å²) in [4.78, 5) is 36.3. The van der Waals surface area contributed by atoms with E-state index in [2.05, 4.69) is 5.32 Å². The molecule has 0 saturated heterocycles. The number of nitrogens with zero attached hydrogens (tertiary/aromatic N) is 1. The maximum Gasteiger partial charge on any atom is 0.326 e. The molecule has 0 aromatic heterocycles. The normalized spacial score (nSPS) is 11.8. The van der Waals surface area contributed by atoms with Gasteiger partial charge in [-0.3, -0.25) is 9.59 Å². The van der Waals surface area contributed by atoms with Crippen LogP contribution >= 0.6 is 0 Å². The molecule has 0 saturated carbocycles. The van der Waals surface area contributed by atoms with Gasteiger partial charge in [0.15, 0.2) is 0 Å². The average molecular weight is 328 g/mol. The van der Waals surface area contributed by atoms with Gasteiger partial charge in [-0.1, -0.05) is 30.3 Å². The molecule has 0 radical (unpaired) electrons. The zero-order chi connectivity index (χ0) is 17.7. The van der Waals surface area contributed by atoms with Gasteiger partial charge in [0.25, 0.3) is 5.91 Å². The first-order chi connectivity index (χ1) is 11.4. The SMILES string of the molecule is CC(=O)NCCN(C(=O)c1ccc2ccccc2c1)C(C)C(=O)O. The van der Waals surface area contributed by atoms with Crippen molar-refractivity contribution in [3.8, 4) is 0 Å². The van der Waals surface area contributed by atoms with Crippen molar-refractivity contribution in [3.63, 3.8) is 0 Å². The van der Waals surface area contributed by atoms with Gasteiger partial charge in [0.1, 0.15) is 6.04 Å². The first-order valence-corrected chi connectivity index (χ1v) is 7.67. The number of carboxylic acid groups (broad SMARTS) is 1. The van der Waals surface area contributed by atoms with Crippen LogP contribution in [0.1, 0.15) is 24.2 Å². The fourth-order valence-electron chi connectivity index (χ4n) is 2.44. The van der Waals surface area contributed by atoms with Gasteiger partial charge in [-0.15, -0.1) is 0 Å². The molecule has 2 amide bonds. The fourth-order valence-corrected chi connectivity index (χ4v) is 2.44. The molecule has 2 N–H and O–H groups in total. The predicted molar refractivity (Wildman–Crippen MR) is 90.8 cm³/mol. The van der Waals surface area contributed by atoms with Gasteiger partial charge in [0, 0.05) is 25.6 Å². The molecule has 0 aliphatic heterocycles. The van der Waals surface area contributed by atoms with Crippen molar-refractivity contribution in [1.82, 2.24) is 10.2 Å². The molecule has 0 spiro atoms. The van der Waals surface area contributed by atoms with Crippen molar-refractivity contribution >= 4 is 28.6 Å². The van der Waals surface area contributed by atoms with E-state index < -0.39 is 12.0 Å². The molecule has 1 unspecified atom stereocenters. The number of hydrogen-bond acceptors (Lipinski definition) is 3. The summed E-state index contributed by atoms with van der Waals surface area (Å²) in [6, 6.07) is 11.9. The van der Waals surface area contributed by atoms with Crippen molar-refractivity contribution in [3.05, 3.63) is 48.0 Å². The largest absolute Gasteiger partial charge is 0.480 e. The molecule has 0 fully saturated rings.